The summed E-state index contributed by atoms with van der Waals surface area (Å²) in [4.78, 5) is 10.4. The van der Waals surface area contributed by atoms with E-state index in [9.17, 15) is 4.79 Å². The van der Waals surface area contributed by atoms with E-state index in [1.807, 2.05) is 0 Å². The lowest BCUT2D eigenvalue weighted by atomic mass is 9.71. The van der Waals surface area contributed by atoms with Gasteiger partial charge in [-0.3, -0.25) is 4.79 Å². The number of nitrogens with one attached hydrogen (secondary N) is 1. The molecule has 0 spiro atoms. The zero-order chi connectivity index (χ0) is 12.2. The largest absolute Gasteiger partial charge is 0.481 e. The Kier molecular flexibility index (Phi) is 4.78. The van der Waals surface area contributed by atoms with Gasteiger partial charge in [-0.2, -0.15) is 0 Å². The minimum atomic E-state index is -0.712. The van der Waals surface area contributed by atoms with Gasteiger partial charge in [0, 0.05) is 12.6 Å². The minimum Gasteiger partial charge on any atom is -0.481 e. The molecule has 0 atom stereocenters. The van der Waals surface area contributed by atoms with E-state index in [0.717, 1.165) is 5.92 Å². The Balaban J connectivity index is 2.19. The third-order valence-corrected chi connectivity index (χ3v) is 3.72. The SMILES string of the molecule is CC(C)(C)C1CCC(NCCC(=O)O)CC1. The molecular weight excluding hydrogens is 202 g/mol. The van der Waals surface area contributed by atoms with Gasteiger partial charge >= 0.3 is 5.97 Å². The highest BCUT2D eigenvalue weighted by Crippen LogP contribution is 2.37. The van der Waals surface area contributed by atoms with Crippen LogP contribution in [-0.2, 0) is 4.79 Å². The van der Waals surface area contributed by atoms with E-state index in [4.69, 9.17) is 5.11 Å². The minimum absolute atomic E-state index is 0.235. The lowest BCUT2D eigenvalue weighted by molar-refractivity contribution is -0.136. The molecule has 16 heavy (non-hydrogen) atoms. The molecule has 1 aliphatic rings. The Morgan fingerprint density at radius 1 is 1.25 bits per heavy atom. The van der Waals surface area contributed by atoms with Crippen molar-refractivity contribution in [1.82, 2.24) is 5.32 Å². The molecule has 94 valence electrons. The molecule has 0 aliphatic heterocycles. The molecule has 0 aromatic rings. The van der Waals surface area contributed by atoms with Crippen LogP contribution in [0.5, 0.6) is 0 Å². The van der Waals surface area contributed by atoms with Gasteiger partial charge in [-0.1, -0.05) is 20.8 Å². The molecule has 0 radical (unpaired) electrons. The Bertz CT molecular complexity index is 225. The second-order valence-corrected chi connectivity index (χ2v) is 6.01. The third-order valence-electron chi connectivity index (χ3n) is 3.72. The van der Waals surface area contributed by atoms with Crippen LogP contribution in [0.3, 0.4) is 0 Å². The summed E-state index contributed by atoms with van der Waals surface area (Å²) in [5.41, 5.74) is 0.423. The molecule has 0 saturated heterocycles. The van der Waals surface area contributed by atoms with E-state index in [2.05, 4.69) is 26.1 Å². The van der Waals surface area contributed by atoms with E-state index in [-0.39, 0.29) is 6.42 Å². The summed E-state index contributed by atoms with van der Waals surface area (Å²) >= 11 is 0. The van der Waals surface area contributed by atoms with Crippen LogP contribution in [0.15, 0.2) is 0 Å². The van der Waals surface area contributed by atoms with Gasteiger partial charge < -0.3 is 10.4 Å². The van der Waals surface area contributed by atoms with E-state index in [1.165, 1.54) is 25.7 Å². The van der Waals surface area contributed by atoms with Crippen LogP contribution in [0, 0.1) is 11.3 Å². The molecule has 3 heteroatoms. The molecule has 1 rings (SSSR count). The summed E-state index contributed by atoms with van der Waals surface area (Å²) in [6.07, 6.45) is 5.17. The predicted octanol–water partition coefficient (Wildman–Crippen LogP) is 2.66. The number of aliphatic carboxylic acids is 1. The molecule has 0 amide bonds. The first-order valence-corrected chi connectivity index (χ1v) is 6.35. The van der Waals surface area contributed by atoms with Gasteiger partial charge in [-0.05, 0) is 37.0 Å². The standard InChI is InChI=1S/C13H25NO2/c1-13(2,3)10-4-6-11(7-5-10)14-9-8-12(15)16/h10-11,14H,4-9H2,1-3H3,(H,15,16). The fourth-order valence-corrected chi connectivity index (χ4v) is 2.55. The smallest absolute Gasteiger partial charge is 0.304 e. The van der Waals surface area contributed by atoms with Crippen LogP contribution in [0.4, 0.5) is 0 Å². The molecule has 0 aromatic heterocycles. The van der Waals surface area contributed by atoms with Crippen LogP contribution in [0.1, 0.15) is 52.9 Å². The maximum Gasteiger partial charge on any atom is 0.304 e. The lowest BCUT2D eigenvalue weighted by Gasteiger charge is -2.37. The van der Waals surface area contributed by atoms with Crippen molar-refractivity contribution in [2.75, 3.05) is 6.54 Å². The summed E-state index contributed by atoms with van der Waals surface area (Å²) in [5, 5.41) is 11.9. The number of rotatable bonds is 4. The van der Waals surface area contributed by atoms with Gasteiger partial charge in [-0.25, -0.2) is 0 Å². The van der Waals surface area contributed by atoms with Crippen molar-refractivity contribution in [3.05, 3.63) is 0 Å². The van der Waals surface area contributed by atoms with Crippen LogP contribution < -0.4 is 5.32 Å². The summed E-state index contributed by atoms with van der Waals surface area (Å²) in [7, 11) is 0. The number of carbonyl (C=O) groups is 1. The Labute approximate surface area is 98.6 Å². The summed E-state index contributed by atoms with van der Waals surface area (Å²) in [6, 6.07) is 0.540. The van der Waals surface area contributed by atoms with Gasteiger partial charge in [0.15, 0.2) is 0 Å². The van der Waals surface area contributed by atoms with Crippen molar-refractivity contribution in [3.63, 3.8) is 0 Å². The third kappa shape index (κ3) is 4.52. The van der Waals surface area contributed by atoms with Crippen LogP contribution in [0.25, 0.3) is 0 Å². The second kappa shape index (κ2) is 5.67. The summed E-state index contributed by atoms with van der Waals surface area (Å²) in [5.74, 6) is 0.112. The van der Waals surface area contributed by atoms with Crippen molar-refractivity contribution in [1.29, 1.82) is 0 Å². The monoisotopic (exact) mass is 227 g/mol. The van der Waals surface area contributed by atoms with Gasteiger partial charge in [0.1, 0.15) is 0 Å². The molecule has 1 fully saturated rings. The molecule has 1 aliphatic carbocycles. The number of hydrogen-bond donors (Lipinski definition) is 2. The van der Waals surface area contributed by atoms with Gasteiger partial charge in [-0.15, -0.1) is 0 Å². The van der Waals surface area contributed by atoms with E-state index < -0.39 is 5.97 Å². The first-order valence-electron chi connectivity index (χ1n) is 6.35. The molecular formula is C13H25NO2. The molecule has 2 N–H and O–H groups in total. The van der Waals surface area contributed by atoms with Gasteiger partial charge in [0.05, 0.1) is 6.42 Å². The lowest BCUT2D eigenvalue weighted by Crippen LogP contribution is -2.37. The second-order valence-electron chi connectivity index (χ2n) is 6.01. The fraction of sp³-hybridized carbons (Fsp3) is 0.923. The highest BCUT2D eigenvalue weighted by atomic mass is 16.4. The zero-order valence-electron chi connectivity index (χ0n) is 10.8. The van der Waals surface area contributed by atoms with Crippen LogP contribution in [-0.4, -0.2) is 23.7 Å². The van der Waals surface area contributed by atoms with E-state index >= 15 is 0 Å². The maximum absolute atomic E-state index is 10.4. The van der Waals surface area contributed by atoms with Crippen molar-refractivity contribution in [2.45, 2.75) is 58.9 Å². The average molecular weight is 227 g/mol. The quantitative estimate of drug-likeness (QED) is 0.776. The maximum atomic E-state index is 10.4. The Hall–Kier alpha value is -0.570. The van der Waals surface area contributed by atoms with Gasteiger partial charge in [0.2, 0.25) is 0 Å². The number of carboxylic acids is 1. The van der Waals surface area contributed by atoms with Crippen molar-refractivity contribution in [2.24, 2.45) is 11.3 Å². The normalized spacial score (nSPS) is 26.7. The van der Waals surface area contributed by atoms with Crippen LogP contribution in [0.2, 0.25) is 0 Å². The predicted molar refractivity (Wildman–Crippen MR) is 65.5 cm³/mol. The van der Waals surface area contributed by atoms with E-state index in [0.29, 0.717) is 18.0 Å². The molecule has 0 aromatic carbocycles. The highest BCUT2D eigenvalue weighted by Gasteiger charge is 2.29. The van der Waals surface area contributed by atoms with E-state index in [1.54, 1.807) is 0 Å². The summed E-state index contributed by atoms with van der Waals surface area (Å²) < 4.78 is 0. The molecule has 0 bridgehead atoms. The molecule has 0 unspecified atom stereocenters. The zero-order valence-corrected chi connectivity index (χ0v) is 10.8. The average Bonchev–Trinajstić information content (AvgIpc) is 2.16. The summed E-state index contributed by atoms with van der Waals surface area (Å²) in [6.45, 7) is 7.56. The first-order chi connectivity index (χ1) is 7.39. The Morgan fingerprint density at radius 3 is 2.25 bits per heavy atom. The molecule has 3 nitrogen and oxygen atoms in total. The topological polar surface area (TPSA) is 49.3 Å². The van der Waals surface area contributed by atoms with Gasteiger partial charge in [0.25, 0.3) is 0 Å². The van der Waals surface area contributed by atoms with Crippen LogP contribution >= 0.6 is 0 Å². The van der Waals surface area contributed by atoms with Crippen molar-refractivity contribution in [3.8, 4) is 0 Å². The van der Waals surface area contributed by atoms with Crippen molar-refractivity contribution >= 4 is 5.97 Å². The Morgan fingerprint density at radius 2 is 1.81 bits per heavy atom. The molecule has 1 saturated carbocycles. The molecule has 0 heterocycles. The number of hydrogen-bond acceptors (Lipinski definition) is 2. The first kappa shape index (κ1) is 13.5. The fourth-order valence-electron chi connectivity index (χ4n) is 2.55. The van der Waals surface area contributed by atoms with Crippen molar-refractivity contribution < 1.29 is 9.90 Å². The highest BCUT2D eigenvalue weighted by molar-refractivity contribution is 5.66. The number of carboxylic acid groups (broad SMARTS) is 1.